The second kappa shape index (κ2) is 8.69. The molecule has 0 atom stereocenters. The second-order valence-electron chi connectivity index (χ2n) is 4.85. The molecule has 0 N–H and O–H groups in total. The molecule has 0 amide bonds. The summed E-state index contributed by atoms with van der Waals surface area (Å²) in [6.45, 7) is 0. The molecule has 0 aliphatic carbocycles. The summed E-state index contributed by atoms with van der Waals surface area (Å²) in [4.78, 5) is 12.3. The van der Waals surface area contributed by atoms with Gasteiger partial charge in [-0.3, -0.25) is 0 Å². The molecule has 0 bridgehead atoms. The number of ether oxygens (including phenoxy) is 1. The molecule has 0 saturated carbocycles. The number of halogens is 1. The average Bonchev–Trinajstić information content (AvgIpc) is 2.63. The van der Waals surface area contributed by atoms with Crippen LogP contribution < -0.4 is 8.06 Å². The van der Waals surface area contributed by atoms with Crippen molar-refractivity contribution in [3.05, 3.63) is 84.4 Å². The molecule has 0 radical (unpaired) electrons. The summed E-state index contributed by atoms with van der Waals surface area (Å²) < 4.78 is 11.0. The molecule has 0 aromatic heterocycles. The molecular weight excluding hydrogens is 360 g/mol. The van der Waals surface area contributed by atoms with Crippen LogP contribution in [-0.4, -0.2) is 5.97 Å². The Labute approximate surface area is 158 Å². The number of rotatable bonds is 4. The minimum atomic E-state index is -0.382. The molecule has 0 aliphatic heterocycles. The third-order valence-corrected chi connectivity index (χ3v) is 3.73. The molecule has 0 fully saturated rings. The van der Waals surface area contributed by atoms with Crippen molar-refractivity contribution in [3.8, 4) is 22.6 Å². The van der Waals surface area contributed by atoms with Gasteiger partial charge in [-0.05, 0) is 0 Å². The molecule has 3 aromatic carbocycles. The third-order valence-electron chi connectivity index (χ3n) is 3.39. The van der Waals surface area contributed by atoms with Crippen molar-refractivity contribution in [3.63, 3.8) is 0 Å². The van der Waals surface area contributed by atoms with E-state index in [1.54, 1.807) is 39.0 Å². The first-order valence-corrected chi connectivity index (χ1v) is 7.72. The Morgan fingerprint density at radius 2 is 1.21 bits per heavy atom. The fourth-order valence-electron chi connectivity index (χ4n) is 2.29. The van der Waals surface area contributed by atoms with E-state index in [0.717, 1.165) is 16.9 Å². The first-order chi connectivity index (χ1) is 11.3. The van der Waals surface area contributed by atoms with Crippen molar-refractivity contribution in [2.75, 3.05) is 0 Å². The van der Waals surface area contributed by atoms with Crippen molar-refractivity contribution in [2.45, 2.75) is 0 Å². The Bertz CT molecular complexity index is 822. The van der Waals surface area contributed by atoms with Crippen LogP contribution in [0.3, 0.4) is 0 Å². The summed E-state index contributed by atoms with van der Waals surface area (Å²) in [6, 6.07) is 24.0. The van der Waals surface area contributed by atoms with Gasteiger partial charge in [-0.15, -0.1) is 12.4 Å². The monoisotopic (exact) mass is 373 g/mol. The fraction of sp³-hybridized carbons (Fsp3) is 0. The molecule has 0 saturated heterocycles. The third kappa shape index (κ3) is 4.06. The predicted molar refractivity (Wildman–Crippen MR) is 91.2 cm³/mol. The second-order valence-corrected chi connectivity index (χ2v) is 5.17. The molecule has 0 unspecified atom stereocenters. The van der Waals surface area contributed by atoms with Gasteiger partial charge >= 0.3 is 147 Å². The van der Waals surface area contributed by atoms with Gasteiger partial charge in [-0.25, -0.2) is 0 Å². The minimum absolute atomic E-state index is 0. The van der Waals surface area contributed by atoms with Crippen molar-refractivity contribution >= 4 is 18.4 Å². The molecule has 3 aromatic rings. The van der Waals surface area contributed by atoms with Gasteiger partial charge in [0.25, 0.3) is 0 Å². The van der Waals surface area contributed by atoms with Crippen molar-refractivity contribution in [1.29, 1.82) is 0 Å². The van der Waals surface area contributed by atoms with Gasteiger partial charge in [-0.1, -0.05) is 0 Å². The van der Waals surface area contributed by atoms with E-state index >= 15 is 0 Å². The first kappa shape index (κ1) is 18.3. The zero-order valence-electron chi connectivity index (χ0n) is 12.6. The van der Waals surface area contributed by atoms with E-state index in [0.29, 0.717) is 11.3 Å². The Morgan fingerprint density at radius 3 is 1.83 bits per heavy atom. The Morgan fingerprint density at radius 1 is 0.708 bits per heavy atom. The van der Waals surface area contributed by atoms with Crippen LogP contribution in [0.25, 0.3) is 11.1 Å². The summed E-state index contributed by atoms with van der Waals surface area (Å²) in [7, 11) is 0. The van der Waals surface area contributed by atoms with Crippen LogP contribution in [0.4, 0.5) is 0 Å². The zero-order valence-corrected chi connectivity index (χ0v) is 15.0. The van der Waals surface area contributed by atoms with Crippen LogP contribution >= 0.6 is 12.4 Å². The molecular formula is C19H14ClO3Ti. The topological polar surface area (TPSA) is 35.5 Å². The summed E-state index contributed by atoms with van der Waals surface area (Å²) >= 11 is 1.62. The van der Waals surface area contributed by atoms with Crippen LogP contribution in [0, 0.1) is 0 Å². The van der Waals surface area contributed by atoms with Gasteiger partial charge in [0, 0.05) is 0 Å². The summed E-state index contributed by atoms with van der Waals surface area (Å²) in [5.41, 5.74) is 2.21. The van der Waals surface area contributed by atoms with Crippen LogP contribution in [-0.2, 0) is 20.8 Å². The maximum absolute atomic E-state index is 12.3. The van der Waals surface area contributed by atoms with Crippen molar-refractivity contribution in [1.82, 2.24) is 0 Å². The van der Waals surface area contributed by atoms with Gasteiger partial charge < -0.3 is 0 Å². The van der Waals surface area contributed by atoms with Crippen LogP contribution in [0.1, 0.15) is 10.4 Å². The quantitative estimate of drug-likeness (QED) is 0.373. The molecule has 24 heavy (non-hydrogen) atoms. The first-order valence-electron chi connectivity index (χ1n) is 7.09. The maximum atomic E-state index is 12.3. The molecule has 119 valence electrons. The molecule has 5 heteroatoms. The normalized spacial score (nSPS) is 9.62. The van der Waals surface area contributed by atoms with Gasteiger partial charge in [0.1, 0.15) is 0 Å². The number of carbonyl (C=O) groups is 1. The average molecular weight is 374 g/mol. The SMILES string of the molecule is Cl.O=C(Oc1ccccc1-c1ccccc1[O][Ti])c1ccccc1. The summed E-state index contributed by atoms with van der Waals surface area (Å²) in [6.07, 6.45) is 0. The molecule has 3 rings (SSSR count). The number of para-hydroxylation sites is 2. The van der Waals surface area contributed by atoms with E-state index in [9.17, 15) is 4.79 Å². The van der Waals surface area contributed by atoms with E-state index < -0.39 is 0 Å². The number of carbonyl (C=O) groups excluding carboxylic acids is 1. The number of hydrogen-bond donors (Lipinski definition) is 0. The van der Waals surface area contributed by atoms with E-state index in [4.69, 9.17) is 8.06 Å². The Balaban J connectivity index is 0.00000208. The van der Waals surface area contributed by atoms with E-state index in [1.807, 2.05) is 60.7 Å². The van der Waals surface area contributed by atoms with Gasteiger partial charge in [0.05, 0.1) is 0 Å². The van der Waals surface area contributed by atoms with Gasteiger partial charge in [-0.2, -0.15) is 0 Å². The predicted octanol–water partition coefficient (Wildman–Crippen LogP) is 4.84. The van der Waals surface area contributed by atoms with Gasteiger partial charge in [0.15, 0.2) is 0 Å². The molecule has 0 heterocycles. The van der Waals surface area contributed by atoms with Crippen molar-refractivity contribution in [2.24, 2.45) is 0 Å². The van der Waals surface area contributed by atoms with E-state index in [1.165, 1.54) is 0 Å². The van der Waals surface area contributed by atoms with Crippen molar-refractivity contribution < 1.29 is 33.7 Å². The standard InChI is InChI=1S/C19H14O3.ClH.Ti/c20-17-12-6-4-10-15(17)16-11-5-7-13-18(16)22-19(21)14-8-2-1-3-9-14;;/h1-13,20H;1H;/q;;+1/p-1. The van der Waals surface area contributed by atoms with E-state index in [-0.39, 0.29) is 18.4 Å². The molecule has 0 spiro atoms. The van der Waals surface area contributed by atoms with Crippen LogP contribution in [0.15, 0.2) is 78.9 Å². The van der Waals surface area contributed by atoms with Crippen LogP contribution in [0.5, 0.6) is 11.5 Å². The summed E-state index contributed by atoms with van der Waals surface area (Å²) in [5.74, 6) is 0.856. The Kier molecular flexibility index (Phi) is 6.62. The van der Waals surface area contributed by atoms with Gasteiger partial charge in [0.2, 0.25) is 0 Å². The fourth-order valence-corrected chi connectivity index (χ4v) is 2.57. The molecule has 0 aliphatic rings. The molecule has 3 nitrogen and oxygen atoms in total. The van der Waals surface area contributed by atoms with E-state index in [2.05, 4.69) is 0 Å². The Hall–Kier alpha value is -2.07. The number of esters is 1. The van der Waals surface area contributed by atoms with Crippen LogP contribution in [0.2, 0.25) is 0 Å². The zero-order chi connectivity index (χ0) is 16.1. The number of benzene rings is 3. The summed E-state index contributed by atoms with van der Waals surface area (Å²) in [5, 5.41) is 0. The number of hydrogen-bond acceptors (Lipinski definition) is 3.